The van der Waals surface area contributed by atoms with E-state index in [1.165, 1.54) is 50.1 Å². The second kappa shape index (κ2) is 12.2. The topological polar surface area (TPSA) is 38.8 Å². The summed E-state index contributed by atoms with van der Waals surface area (Å²) in [5.74, 6) is 0. The fraction of sp³-hybridized carbons (Fsp3) is 0.350. The summed E-state index contributed by atoms with van der Waals surface area (Å²) in [6, 6.07) is 12.9. The third kappa shape index (κ3) is 5.42. The number of aromatic nitrogens is 1. The molecule has 0 fully saturated rings. The Morgan fingerprint density at radius 3 is 1.43 bits per heavy atom. The first kappa shape index (κ1) is 32.1. The van der Waals surface area contributed by atoms with Crippen LogP contribution in [0.4, 0.5) is 0 Å². The molecule has 1 aromatic heterocycles. The molecule has 0 atom stereocenters. The number of fused-ring (bicyclic) bond motifs is 9. The van der Waals surface area contributed by atoms with Crippen molar-refractivity contribution in [2.75, 3.05) is 0 Å². The summed E-state index contributed by atoms with van der Waals surface area (Å²) in [5.41, 5.74) is 17.7. The molecule has 3 aliphatic heterocycles. The van der Waals surface area contributed by atoms with Crippen molar-refractivity contribution in [3.63, 3.8) is 0 Å². The van der Waals surface area contributed by atoms with Crippen LogP contribution in [0, 0.1) is 6.07 Å². The Hall–Kier alpha value is -3.32. The quantitative estimate of drug-likeness (QED) is 0.203. The summed E-state index contributed by atoms with van der Waals surface area (Å²) in [7, 11) is 0. The molecule has 2 aliphatic carbocycles. The van der Waals surface area contributed by atoms with E-state index >= 15 is 0 Å². The average molecular weight is 672 g/mol. The molecule has 0 unspecified atom stereocenters. The molecule has 5 aliphatic rings. The summed E-state index contributed by atoms with van der Waals surface area (Å²) in [6.45, 7) is 20.1. The molecule has 44 heavy (non-hydrogen) atoms. The van der Waals surface area contributed by atoms with Gasteiger partial charge in [0.2, 0.25) is 0 Å². The number of aliphatic imine (C=N–C) groups is 2. The third-order valence-corrected chi connectivity index (χ3v) is 9.39. The third-order valence-electron chi connectivity index (χ3n) is 9.39. The van der Waals surface area contributed by atoms with Crippen LogP contribution in [-0.4, -0.2) is 11.4 Å². The second-order valence-electron chi connectivity index (χ2n) is 13.0. The van der Waals surface area contributed by atoms with E-state index < -0.39 is 0 Å². The van der Waals surface area contributed by atoms with Gasteiger partial charge in [0, 0.05) is 11.4 Å². The molecule has 4 heteroatoms. The summed E-state index contributed by atoms with van der Waals surface area (Å²) >= 11 is 0. The molecular weight excluding hydrogens is 629 g/mol. The second-order valence-corrected chi connectivity index (χ2v) is 13.0. The number of rotatable bonds is 4. The van der Waals surface area contributed by atoms with Gasteiger partial charge in [-0.05, 0) is 72.8 Å². The first-order chi connectivity index (χ1) is 20.6. The average Bonchev–Trinajstić information content (AvgIpc) is 3.58. The fourth-order valence-electron chi connectivity index (χ4n) is 6.86. The number of hydrogen-bond donors (Lipinski definition) is 0. The molecular formula is C40H43N3Pd. The van der Waals surface area contributed by atoms with Crippen LogP contribution in [0.1, 0.15) is 103 Å². The van der Waals surface area contributed by atoms with E-state index in [1.54, 1.807) is 0 Å². The van der Waals surface area contributed by atoms with Gasteiger partial charge in [-0.2, -0.15) is 0 Å². The van der Waals surface area contributed by atoms with Gasteiger partial charge in [0.15, 0.2) is 0 Å². The van der Waals surface area contributed by atoms with Crippen LogP contribution in [-0.2, 0) is 38.7 Å². The van der Waals surface area contributed by atoms with Crippen molar-refractivity contribution in [3.8, 4) is 11.1 Å². The van der Waals surface area contributed by atoms with E-state index in [4.69, 9.17) is 15.0 Å². The fourth-order valence-corrected chi connectivity index (χ4v) is 6.86. The first-order valence-electron chi connectivity index (χ1n) is 16.0. The molecule has 1 aromatic rings. The zero-order valence-electron chi connectivity index (χ0n) is 27.6. The zero-order valence-corrected chi connectivity index (χ0v) is 29.2. The summed E-state index contributed by atoms with van der Waals surface area (Å²) < 4.78 is 0. The van der Waals surface area contributed by atoms with Crippen molar-refractivity contribution < 1.29 is 20.4 Å². The van der Waals surface area contributed by atoms with E-state index in [2.05, 4.69) is 117 Å². The molecule has 0 radical (unpaired) electrons. The monoisotopic (exact) mass is 671 g/mol. The Bertz CT molecular complexity index is 1810. The molecule has 0 saturated carbocycles. The van der Waals surface area contributed by atoms with Gasteiger partial charge >= 0.3 is 20.4 Å². The minimum Gasteiger partial charge on any atom is -0.657 e. The van der Waals surface area contributed by atoms with Crippen LogP contribution in [0.15, 0.2) is 67.9 Å². The van der Waals surface area contributed by atoms with Crippen LogP contribution in [0.2, 0.25) is 0 Å². The summed E-state index contributed by atoms with van der Waals surface area (Å²) in [6.07, 6.45) is 12.6. The Morgan fingerprint density at radius 1 is 0.636 bits per heavy atom. The standard InChI is InChI=1S/C40H43N3.Pd/c1-10-28-23(5)34-21-38-30(12-3)31(13-4)39(43-38)22-35-24(6)29(11-2)37(42-35)20-26-18-25(19-36(28)41-34)32-16-14-27(40(7,8)9)15-17-33(26)32;/h14-17,19-22H,10-13H2,1-9H3;/q-2;+2. The maximum Gasteiger partial charge on any atom is 2.00 e. The van der Waals surface area contributed by atoms with Crippen LogP contribution in [0.5, 0.6) is 0 Å². The molecule has 6 rings (SSSR count). The van der Waals surface area contributed by atoms with Gasteiger partial charge in [-0.1, -0.05) is 108 Å². The van der Waals surface area contributed by atoms with Gasteiger partial charge in [-0.3, -0.25) is 9.98 Å². The van der Waals surface area contributed by atoms with Gasteiger partial charge in [0.25, 0.3) is 0 Å². The van der Waals surface area contributed by atoms with E-state index in [9.17, 15) is 0 Å². The number of nitrogens with zero attached hydrogens (tertiary/aromatic N) is 3. The van der Waals surface area contributed by atoms with Gasteiger partial charge in [-0.25, -0.2) is 0 Å². The minimum atomic E-state index is 0. The Kier molecular flexibility index (Phi) is 8.92. The van der Waals surface area contributed by atoms with Crippen LogP contribution < -0.4 is 15.7 Å². The summed E-state index contributed by atoms with van der Waals surface area (Å²) in [4.78, 5) is 15.7. The van der Waals surface area contributed by atoms with E-state index in [0.29, 0.717) is 0 Å². The minimum absolute atomic E-state index is 0. The SMILES string of the molecule is CCC1=C(C)C2=NC1=Cc1[c-]c(c3ccc(C(C)(C)C)ccc1-3)C=C1N=C(C=c3[n-]c(c(CC)c3CC)=C2)C(C)=C1CC.[Pd+2]. The first-order valence-corrected chi connectivity index (χ1v) is 16.0. The molecule has 0 spiro atoms. The van der Waals surface area contributed by atoms with Crippen LogP contribution in [0.3, 0.4) is 0 Å². The Morgan fingerprint density at radius 2 is 1.07 bits per heavy atom. The van der Waals surface area contributed by atoms with Crippen LogP contribution in [0.25, 0.3) is 35.4 Å². The van der Waals surface area contributed by atoms with E-state index in [0.717, 1.165) is 70.3 Å². The van der Waals surface area contributed by atoms with Gasteiger partial charge in [0.05, 0.1) is 11.4 Å². The van der Waals surface area contributed by atoms with Gasteiger partial charge in [0.1, 0.15) is 0 Å². The van der Waals surface area contributed by atoms with Crippen molar-refractivity contribution in [2.24, 2.45) is 9.98 Å². The molecule has 0 saturated heterocycles. The predicted octanol–water partition coefficient (Wildman–Crippen LogP) is 8.29. The molecule has 0 N–H and O–H groups in total. The molecule has 0 aromatic carbocycles. The van der Waals surface area contributed by atoms with Crippen molar-refractivity contribution in [3.05, 3.63) is 103 Å². The predicted molar refractivity (Wildman–Crippen MR) is 184 cm³/mol. The maximum absolute atomic E-state index is 5.24. The van der Waals surface area contributed by atoms with Crippen molar-refractivity contribution in [1.29, 1.82) is 0 Å². The Labute approximate surface area is 277 Å². The Balaban J connectivity index is 0.00000384. The zero-order chi connectivity index (χ0) is 30.6. The van der Waals surface area contributed by atoms with E-state index in [-0.39, 0.29) is 25.8 Å². The smallest absolute Gasteiger partial charge is 0.657 e. The molecule has 0 amide bonds. The van der Waals surface area contributed by atoms with Crippen molar-refractivity contribution in [2.45, 2.75) is 93.4 Å². The maximum atomic E-state index is 5.24. The van der Waals surface area contributed by atoms with Crippen molar-refractivity contribution in [1.82, 2.24) is 4.98 Å². The number of hydrogen-bond acceptors (Lipinski definition) is 2. The van der Waals surface area contributed by atoms with Gasteiger partial charge < -0.3 is 4.98 Å². The molecule has 228 valence electrons. The molecule has 3 nitrogen and oxygen atoms in total. The van der Waals surface area contributed by atoms with Crippen LogP contribution >= 0.6 is 0 Å². The normalized spacial score (nSPS) is 16.3. The molecule has 4 heterocycles. The van der Waals surface area contributed by atoms with Gasteiger partial charge in [-0.15, -0.1) is 39.0 Å². The molecule has 8 bridgehead atoms. The van der Waals surface area contributed by atoms with E-state index in [1.807, 2.05) is 0 Å². The van der Waals surface area contributed by atoms with Crippen molar-refractivity contribution >= 4 is 35.7 Å². The largest absolute Gasteiger partial charge is 2.00 e. The summed E-state index contributed by atoms with van der Waals surface area (Å²) in [5, 5.41) is 2.07. The number of allylic oxidation sites excluding steroid dienone is 4.